The summed E-state index contributed by atoms with van der Waals surface area (Å²) in [4.78, 5) is 0.227. The first-order valence-electron chi connectivity index (χ1n) is 6.36. The first-order chi connectivity index (χ1) is 8.73. The molecule has 1 atom stereocenters. The van der Waals surface area contributed by atoms with Crippen LogP contribution in [-0.4, -0.2) is 11.6 Å². The fourth-order valence-electron chi connectivity index (χ4n) is 2.55. The molecule has 0 amide bonds. The molecule has 1 aromatic carbocycles. The summed E-state index contributed by atoms with van der Waals surface area (Å²) in [5.41, 5.74) is -2.96. The van der Waals surface area contributed by atoms with Crippen LogP contribution in [0.25, 0.3) is 0 Å². The van der Waals surface area contributed by atoms with Crippen LogP contribution in [0.2, 0.25) is 0 Å². The molecule has 1 N–H and O–H groups in total. The molecule has 1 saturated carbocycles. The van der Waals surface area contributed by atoms with Gasteiger partial charge in [0.15, 0.2) is 0 Å². The smallest absolute Gasteiger partial charge is 0.382 e. The molecule has 19 heavy (non-hydrogen) atoms. The van der Waals surface area contributed by atoms with E-state index in [4.69, 9.17) is 0 Å². The lowest BCUT2D eigenvalue weighted by molar-refractivity contribution is -0.0328. The number of nitrogens with one attached hydrogen (secondary N) is 1. The summed E-state index contributed by atoms with van der Waals surface area (Å²) in [6.45, 7) is 4.50. The van der Waals surface area contributed by atoms with Gasteiger partial charge in [-0.3, -0.25) is 0 Å². The monoisotopic (exact) mass is 289 g/mol. The molecule has 0 spiro atoms. The summed E-state index contributed by atoms with van der Waals surface area (Å²) < 4.78 is 36.6. The highest BCUT2D eigenvalue weighted by molar-refractivity contribution is 8.00. The van der Waals surface area contributed by atoms with Gasteiger partial charge in [0, 0.05) is 16.6 Å². The summed E-state index contributed by atoms with van der Waals surface area (Å²) in [6.07, 6.45) is 3.41. The maximum Gasteiger partial charge on any atom is 0.446 e. The number of halogens is 3. The Labute approximate surface area is 116 Å². The van der Waals surface area contributed by atoms with Gasteiger partial charge in [-0.15, -0.1) is 0 Å². The van der Waals surface area contributed by atoms with Crippen molar-refractivity contribution in [2.75, 3.05) is 5.32 Å². The minimum Gasteiger partial charge on any atom is -0.382 e. The average Bonchev–Trinajstić information content (AvgIpc) is 2.59. The van der Waals surface area contributed by atoms with Crippen LogP contribution in [0.15, 0.2) is 29.2 Å². The Morgan fingerprint density at radius 2 is 1.84 bits per heavy atom. The quantitative estimate of drug-likeness (QED) is 0.759. The van der Waals surface area contributed by atoms with E-state index in [0.29, 0.717) is 11.5 Å². The number of hydrogen-bond donors (Lipinski definition) is 1. The number of alkyl halides is 3. The molecule has 1 unspecified atom stereocenters. The molecule has 1 nitrogen and oxygen atoms in total. The fourth-order valence-corrected chi connectivity index (χ4v) is 3.09. The Hall–Kier alpha value is -0.840. The maximum absolute atomic E-state index is 12.2. The molecule has 1 fully saturated rings. The van der Waals surface area contributed by atoms with Crippen molar-refractivity contribution in [2.45, 2.75) is 49.6 Å². The molecule has 0 saturated heterocycles. The van der Waals surface area contributed by atoms with Crippen LogP contribution < -0.4 is 5.32 Å². The first-order valence-corrected chi connectivity index (χ1v) is 7.18. The third kappa shape index (κ3) is 4.64. The number of rotatable bonds is 3. The van der Waals surface area contributed by atoms with Crippen molar-refractivity contribution in [2.24, 2.45) is 5.41 Å². The summed E-state index contributed by atoms with van der Waals surface area (Å²) in [6, 6.07) is 6.90. The molecule has 0 aromatic heterocycles. The average molecular weight is 289 g/mol. The lowest BCUT2D eigenvalue weighted by atomic mass is 9.92. The SMILES string of the molecule is CC1(C)CCC(Nc2ccc(SC(F)(F)F)cc2)C1. The summed E-state index contributed by atoms with van der Waals surface area (Å²) in [7, 11) is 0. The van der Waals surface area contributed by atoms with Crippen molar-refractivity contribution in [3.63, 3.8) is 0 Å². The highest BCUT2D eigenvalue weighted by Gasteiger charge is 2.31. The van der Waals surface area contributed by atoms with E-state index in [2.05, 4.69) is 19.2 Å². The predicted octanol–water partition coefficient (Wildman–Crippen LogP) is 5.29. The molecule has 1 aliphatic rings. The van der Waals surface area contributed by atoms with Gasteiger partial charge in [0.1, 0.15) is 0 Å². The van der Waals surface area contributed by atoms with Crippen molar-refractivity contribution in [3.8, 4) is 0 Å². The third-order valence-electron chi connectivity index (χ3n) is 3.43. The van der Waals surface area contributed by atoms with E-state index < -0.39 is 5.51 Å². The zero-order chi connectivity index (χ0) is 14.1. The topological polar surface area (TPSA) is 12.0 Å². The zero-order valence-corrected chi connectivity index (χ0v) is 11.9. The molecule has 5 heteroatoms. The Morgan fingerprint density at radius 3 is 2.32 bits per heavy atom. The second-order valence-corrected chi connectivity index (χ2v) is 6.96. The van der Waals surface area contributed by atoms with Crippen LogP contribution in [0.5, 0.6) is 0 Å². The predicted molar refractivity (Wildman–Crippen MR) is 73.4 cm³/mol. The highest BCUT2D eigenvalue weighted by atomic mass is 32.2. The van der Waals surface area contributed by atoms with Crippen molar-refractivity contribution < 1.29 is 13.2 Å². The van der Waals surface area contributed by atoms with Gasteiger partial charge in [0.25, 0.3) is 0 Å². The molecule has 1 aliphatic carbocycles. The van der Waals surface area contributed by atoms with Gasteiger partial charge >= 0.3 is 5.51 Å². The van der Waals surface area contributed by atoms with Crippen LogP contribution in [0, 0.1) is 5.41 Å². The van der Waals surface area contributed by atoms with Crippen LogP contribution in [-0.2, 0) is 0 Å². The second-order valence-electron chi connectivity index (χ2n) is 5.82. The molecular formula is C14H18F3NS. The minimum atomic E-state index is -4.22. The van der Waals surface area contributed by atoms with Gasteiger partial charge in [-0.1, -0.05) is 13.8 Å². The lowest BCUT2D eigenvalue weighted by Gasteiger charge is -2.18. The van der Waals surface area contributed by atoms with Crippen LogP contribution in [0.3, 0.4) is 0 Å². The number of anilines is 1. The Balaban J connectivity index is 1.92. The van der Waals surface area contributed by atoms with Crippen LogP contribution in [0.1, 0.15) is 33.1 Å². The van der Waals surface area contributed by atoms with Gasteiger partial charge in [0.2, 0.25) is 0 Å². The van der Waals surface area contributed by atoms with Gasteiger partial charge in [-0.25, -0.2) is 0 Å². The van der Waals surface area contributed by atoms with Crippen molar-refractivity contribution in [1.29, 1.82) is 0 Å². The molecule has 106 valence electrons. The second kappa shape index (κ2) is 5.27. The van der Waals surface area contributed by atoms with E-state index in [1.807, 2.05) is 0 Å². The van der Waals surface area contributed by atoms with Gasteiger partial charge in [-0.05, 0) is 60.7 Å². The summed E-state index contributed by atoms with van der Waals surface area (Å²) >= 11 is -0.0758. The molecule has 0 aliphatic heterocycles. The van der Waals surface area contributed by atoms with E-state index in [9.17, 15) is 13.2 Å². The Bertz CT molecular complexity index is 425. The standard InChI is InChI=1S/C14H18F3NS/c1-13(2)8-7-11(9-13)18-10-3-5-12(6-4-10)19-14(15,16)17/h3-6,11,18H,7-9H2,1-2H3. The van der Waals surface area contributed by atoms with E-state index in [0.717, 1.165) is 18.5 Å². The Morgan fingerprint density at radius 1 is 1.21 bits per heavy atom. The first kappa shape index (κ1) is 14.6. The van der Waals surface area contributed by atoms with E-state index in [1.54, 1.807) is 12.1 Å². The zero-order valence-electron chi connectivity index (χ0n) is 11.1. The van der Waals surface area contributed by atoms with E-state index in [1.165, 1.54) is 18.6 Å². The van der Waals surface area contributed by atoms with E-state index in [-0.39, 0.29) is 16.7 Å². The van der Waals surface area contributed by atoms with E-state index >= 15 is 0 Å². The molecule has 0 heterocycles. The number of hydrogen-bond acceptors (Lipinski definition) is 2. The Kier molecular flexibility index (Phi) is 4.04. The largest absolute Gasteiger partial charge is 0.446 e. The number of thioether (sulfide) groups is 1. The fraction of sp³-hybridized carbons (Fsp3) is 0.571. The number of benzene rings is 1. The minimum absolute atomic E-state index is 0.0758. The molecular weight excluding hydrogens is 271 g/mol. The van der Waals surface area contributed by atoms with Crippen LogP contribution in [0.4, 0.5) is 18.9 Å². The van der Waals surface area contributed by atoms with Gasteiger partial charge in [0.05, 0.1) is 0 Å². The van der Waals surface area contributed by atoms with Gasteiger partial charge in [-0.2, -0.15) is 13.2 Å². The van der Waals surface area contributed by atoms with Crippen LogP contribution >= 0.6 is 11.8 Å². The summed E-state index contributed by atoms with van der Waals surface area (Å²) in [5.74, 6) is 0. The van der Waals surface area contributed by atoms with Crippen molar-refractivity contribution in [3.05, 3.63) is 24.3 Å². The molecule has 0 radical (unpaired) electrons. The van der Waals surface area contributed by atoms with Crippen molar-refractivity contribution >= 4 is 17.4 Å². The van der Waals surface area contributed by atoms with Gasteiger partial charge < -0.3 is 5.32 Å². The molecule has 1 aromatic rings. The summed E-state index contributed by atoms with van der Waals surface area (Å²) in [5, 5.41) is 3.40. The highest BCUT2D eigenvalue weighted by Crippen LogP contribution is 2.39. The normalized spacial score (nSPS) is 22.5. The lowest BCUT2D eigenvalue weighted by Crippen LogP contribution is -2.17. The molecule has 0 bridgehead atoms. The molecule has 2 rings (SSSR count). The maximum atomic E-state index is 12.2. The third-order valence-corrected chi connectivity index (χ3v) is 4.17. The van der Waals surface area contributed by atoms with Crippen molar-refractivity contribution in [1.82, 2.24) is 0 Å².